The van der Waals surface area contributed by atoms with E-state index in [2.05, 4.69) is 16.0 Å². The normalized spacial score (nSPS) is 22.1. The van der Waals surface area contributed by atoms with Gasteiger partial charge in [0.05, 0.1) is 18.2 Å². The SMILES string of the molecule is N#Cc1ccccc1CN1C(=O)N2CC=CN=C2C=C1N1CCC[C@@H](N)C1. The lowest BCUT2D eigenvalue weighted by Crippen LogP contribution is -2.55. The van der Waals surface area contributed by atoms with Gasteiger partial charge in [0, 0.05) is 38.0 Å². The van der Waals surface area contributed by atoms with Crippen LogP contribution in [0.4, 0.5) is 4.79 Å². The van der Waals surface area contributed by atoms with Crippen molar-refractivity contribution < 1.29 is 4.79 Å². The van der Waals surface area contributed by atoms with Crippen LogP contribution in [-0.2, 0) is 6.54 Å². The maximum atomic E-state index is 13.3. The number of urea groups is 1. The molecule has 0 aromatic heterocycles. The highest BCUT2D eigenvalue weighted by Crippen LogP contribution is 2.27. The van der Waals surface area contributed by atoms with E-state index in [9.17, 15) is 10.1 Å². The third-order valence-electron chi connectivity index (χ3n) is 5.12. The molecule has 7 heteroatoms. The van der Waals surface area contributed by atoms with Crippen molar-refractivity contribution >= 4 is 11.9 Å². The van der Waals surface area contributed by atoms with Crippen molar-refractivity contribution in [1.82, 2.24) is 14.7 Å². The molecule has 0 spiro atoms. The molecule has 1 fully saturated rings. The standard InChI is InChI=1S/C20H22N6O/c21-12-15-5-1-2-6-16(15)13-26-19(24-9-3-7-17(22)14-24)11-18-23-8-4-10-25(18)20(26)27/h1-2,4-6,8,11,17H,3,7,9-10,13-14,22H2/t17-/m1/s1. The van der Waals surface area contributed by atoms with Gasteiger partial charge in [0.1, 0.15) is 11.7 Å². The number of piperidine rings is 1. The average molecular weight is 362 g/mol. The first-order valence-corrected chi connectivity index (χ1v) is 9.19. The van der Waals surface area contributed by atoms with E-state index in [0.29, 0.717) is 31.0 Å². The van der Waals surface area contributed by atoms with Crippen LogP contribution in [0.3, 0.4) is 0 Å². The molecule has 0 unspecified atom stereocenters. The molecule has 1 aromatic rings. The van der Waals surface area contributed by atoms with Crippen molar-refractivity contribution in [2.45, 2.75) is 25.4 Å². The van der Waals surface area contributed by atoms with Crippen LogP contribution >= 0.6 is 0 Å². The first kappa shape index (κ1) is 17.3. The Morgan fingerprint density at radius 2 is 2.19 bits per heavy atom. The molecule has 0 saturated carbocycles. The summed E-state index contributed by atoms with van der Waals surface area (Å²) in [5.41, 5.74) is 7.58. The summed E-state index contributed by atoms with van der Waals surface area (Å²) in [6.45, 7) is 2.40. The zero-order chi connectivity index (χ0) is 18.8. The molecule has 1 atom stereocenters. The lowest BCUT2D eigenvalue weighted by Gasteiger charge is -2.43. The molecule has 1 saturated heterocycles. The third-order valence-corrected chi connectivity index (χ3v) is 5.12. The lowest BCUT2D eigenvalue weighted by molar-refractivity contribution is 0.146. The number of nitriles is 1. The minimum absolute atomic E-state index is 0.0919. The van der Waals surface area contributed by atoms with Crippen molar-refractivity contribution in [2.24, 2.45) is 10.7 Å². The van der Waals surface area contributed by atoms with E-state index in [4.69, 9.17) is 5.73 Å². The molecule has 1 aromatic carbocycles. The molecule has 3 heterocycles. The molecule has 3 aliphatic rings. The van der Waals surface area contributed by atoms with Crippen LogP contribution in [0, 0.1) is 11.3 Å². The Bertz CT molecular complexity index is 881. The van der Waals surface area contributed by atoms with E-state index in [-0.39, 0.29) is 12.1 Å². The maximum Gasteiger partial charge on any atom is 0.331 e. The van der Waals surface area contributed by atoms with E-state index in [1.54, 1.807) is 22.1 Å². The molecular formula is C20H22N6O. The highest BCUT2D eigenvalue weighted by atomic mass is 16.2. The van der Waals surface area contributed by atoms with Crippen molar-refractivity contribution in [3.8, 4) is 6.07 Å². The molecule has 7 nitrogen and oxygen atoms in total. The Balaban J connectivity index is 1.72. The molecule has 0 radical (unpaired) electrons. The van der Waals surface area contributed by atoms with Crippen molar-refractivity contribution in [3.05, 3.63) is 59.6 Å². The summed E-state index contributed by atoms with van der Waals surface area (Å²) in [4.78, 5) is 23.2. The van der Waals surface area contributed by atoms with Crippen LogP contribution < -0.4 is 5.73 Å². The first-order chi connectivity index (χ1) is 13.2. The third kappa shape index (κ3) is 3.32. The van der Waals surface area contributed by atoms with Crippen LogP contribution in [0.15, 0.2) is 53.4 Å². The second-order valence-electron chi connectivity index (χ2n) is 6.97. The second kappa shape index (κ2) is 7.25. The fraction of sp³-hybridized carbons (Fsp3) is 0.350. The predicted octanol–water partition coefficient (Wildman–Crippen LogP) is 1.99. The molecule has 4 rings (SSSR count). The van der Waals surface area contributed by atoms with Crippen LogP contribution in [-0.4, -0.2) is 52.2 Å². The van der Waals surface area contributed by atoms with Crippen LogP contribution in [0.25, 0.3) is 0 Å². The number of nitrogens with two attached hydrogens (primary N) is 1. The Morgan fingerprint density at radius 1 is 1.33 bits per heavy atom. The Kier molecular flexibility index (Phi) is 4.65. The molecule has 3 aliphatic heterocycles. The molecule has 27 heavy (non-hydrogen) atoms. The van der Waals surface area contributed by atoms with Crippen LogP contribution in [0.2, 0.25) is 0 Å². The van der Waals surface area contributed by atoms with Gasteiger partial charge < -0.3 is 10.6 Å². The summed E-state index contributed by atoms with van der Waals surface area (Å²) in [5.74, 6) is 1.47. The summed E-state index contributed by atoms with van der Waals surface area (Å²) in [6.07, 6.45) is 7.53. The smallest absolute Gasteiger partial charge is 0.331 e. The van der Waals surface area contributed by atoms with Gasteiger partial charge in [0.15, 0.2) is 0 Å². The second-order valence-corrected chi connectivity index (χ2v) is 6.97. The fourth-order valence-corrected chi connectivity index (χ4v) is 3.74. The zero-order valence-electron chi connectivity index (χ0n) is 15.1. The summed E-state index contributed by atoms with van der Waals surface area (Å²) in [5, 5.41) is 9.42. The van der Waals surface area contributed by atoms with E-state index < -0.39 is 0 Å². The van der Waals surface area contributed by atoms with E-state index in [1.807, 2.05) is 30.4 Å². The number of amides is 2. The quantitative estimate of drug-likeness (QED) is 0.890. The summed E-state index contributed by atoms with van der Waals surface area (Å²) >= 11 is 0. The number of fused-ring (bicyclic) bond motifs is 1. The monoisotopic (exact) mass is 362 g/mol. The number of hydrogen-bond donors (Lipinski definition) is 1. The van der Waals surface area contributed by atoms with Gasteiger partial charge in [-0.25, -0.2) is 9.79 Å². The topological polar surface area (TPSA) is 89.0 Å². The van der Waals surface area contributed by atoms with E-state index in [0.717, 1.165) is 30.8 Å². The van der Waals surface area contributed by atoms with Crippen molar-refractivity contribution in [3.63, 3.8) is 0 Å². The Labute approximate surface area is 158 Å². The molecule has 2 N–H and O–H groups in total. The van der Waals surface area contributed by atoms with Crippen LogP contribution in [0.1, 0.15) is 24.0 Å². The highest BCUT2D eigenvalue weighted by Gasteiger charge is 2.36. The largest absolute Gasteiger partial charge is 0.356 e. The number of aliphatic imine (C=N–C) groups is 1. The highest BCUT2D eigenvalue weighted by molar-refractivity contribution is 6.07. The minimum atomic E-state index is -0.123. The molecular weight excluding hydrogens is 340 g/mol. The number of nitrogens with zero attached hydrogens (tertiary/aromatic N) is 5. The number of amidine groups is 1. The predicted molar refractivity (Wildman–Crippen MR) is 102 cm³/mol. The van der Waals surface area contributed by atoms with Crippen LogP contribution in [0.5, 0.6) is 0 Å². The summed E-state index contributed by atoms with van der Waals surface area (Å²) < 4.78 is 0. The number of benzene rings is 1. The van der Waals surface area contributed by atoms with Gasteiger partial charge in [-0.15, -0.1) is 0 Å². The number of likely N-dealkylation sites (tertiary alicyclic amines) is 1. The Hall–Kier alpha value is -3.11. The van der Waals surface area contributed by atoms with Gasteiger partial charge in [-0.3, -0.25) is 9.80 Å². The summed E-state index contributed by atoms with van der Waals surface area (Å²) in [6, 6.07) is 9.58. The fourth-order valence-electron chi connectivity index (χ4n) is 3.74. The van der Waals surface area contributed by atoms with Gasteiger partial charge >= 0.3 is 6.03 Å². The molecule has 0 bridgehead atoms. The number of rotatable bonds is 3. The average Bonchev–Trinajstić information content (AvgIpc) is 2.70. The lowest BCUT2D eigenvalue weighted by atomic mass is 10.1. The number of carbonyl (C=O) groups is 1. The van der Waals surface area contributed by atoms with Gasteiger partial charge in [0.2, 0.25) is 0 Å². The van der Waals surface area contributed by atoms with E-state index in [1.165, 1.54) is 0 Å². The van der Waals surface area contributed by atoms with Crippen molar-refractivity contribution in [2.75, 3.05) is 19.6 Å². The van der Waals surface area contributed by atoms with E-state index >= 15 is 0 Å². The summed E-state index contributed by atoms with van der Waals surface area (Å²) in [7, 11) is 0. The Morgan fingerprint density at radius 3 is 3.00 bits per heavy atom. The van der Waals surface area contributed by atoms with Crippen molar-refractivity contribution in [1.29, 1.82) is 5.26 Å². The molecule has 138 valence electrons. The van der Waals surface area contributed by atoms with Gasteiger partial charge in [-0.05, 0) is 30.5 Å². The minimum Gasteiger partial charge on any atom is -0.356 e. The van der Waals surface area contributed by atoms with Gasteiger partial charge in [-0.1, -0.05) is 18.2 Å². The maximum absolute atomic E-state index is 13.3. The first-order valence-electron chi connectivity index (χ1n) is 9.19. The zero-order valence-corrected chi connectivity index (χ0v) is 15.1. The van der Waals surface area contributed by atoms with Gasteiger partial charge in [-0.2, -0.15) is 5.26 Å². The number of carbonyl (C=O) groups excluding carboxylic acids is 1. The number of hydrogen-bond acceptors (Lipinski definition) is 5. The molecule has 2 amide bonds. The van der Waals surface area contributed by atoms with Gasteiger partial charge in [0.25, 0.3) is 0 Å². The molecule has 0 aliphatic carbocycles.